The average Bonchev–Trinajstić information content (AvgIpc) is 3.45. The standard InChI is InChI=1S/C30H29FN4O5/c1-30(2,16-19-8-10-21(11-9-19)33-27(36)14-20-6-4-5-7-24(20)31)35-29(38)28(37)34-22-12-13-23(25(15-22)39-3)26-17-32-18-40-26/h4-13,15,17-18H,14,16H2,1-3H3,(H,33,36)(H,34,37)(H,35,38). The van der Waals surface area contributed by atoms with Crippen molar-refractivity contribution in [3.05, 3.63) is 96.3 Å². The van der Waals surface area contributed by atoms with E-state index in [4.69, 9.17) is 9.15 Å². The average molecular weight is 545 g/mol. The largest absolute Gasteiger partial charge is 0.496 e. The Bertz CT molecular complexity index is 1500. The number of amides is 3. The molecule has 3 N–H and O–H groups in total. The van der Waals surface area contributed by atoms with Gasteiger partial charge in [0.25, 0.3) is 0 Å². The summed E-state index contributed by atoms with van der Waals surface area (Å²) in [5, 5.41) is 8.09. The van der Waals surface area contributed by atoms with Gasteiger partial charge in [0.1, 0.15) is 11.6 Å². The number of methoxy groups -OCH3 is 1. The van der Waals surface area contributed by atoms with Gasteiger partial charge in [0, 0.05) is 23.0 Å². The lowest BCUT2D eigenvalue weighted by atomic mass is 9.94. The summed E-state index contributed by atoms with van der Waals surface area (Å²) in [5.74, 6) is -1.42. The molecule has 3 amide bonds. The molecule has 0 aliphatic heterocycles. The zero-order chi connectivity index (χ0) is 28.7. The number of rotatable bonds is 9. The number of nitrogens with zero attached hydrogens (tertiary/aromatic N) is 1. The number of anilines is 2. The molecule has 0 radical (unpaired) electrons. The predicted octanol–water partition coefficient (Wildman–Crippen LogP) is 4.75. The van der Waals surface area contributed by atoms with Crippen molar-refractivity contribution in [3.63, 3.8) is 0 Å². The fourth-order valence-electron chi connectivity index (χ4n) is 4.15. The molecule has 0 saturated carbocycles. The van der Waals surface area contributed by atoms with Crippen LogP contribution in [0.2, 0.25) is 0 Å². The highest BCUT2D eigenvalue weighted by Gasteiger charge is 2.25. The van der Waals surface area contributed by atoms with Gasteiger partial charge in [-0.2, -0.15) is 0 Å². The van der Waals surface area contributed by atoms with E-state index in [1.165, 1.54) is 19.6 Å². The van der Waals surface area contributed by atoms with Gasteiger partial charge in [0.2, 0.25) is 5.91 Å². The fourth-order valence-corrected chi connectivity index (χ4v) is 4.15. The highest BCUT2D eigenvalue weighted by Crippen LogP contribution is 2.32. The Labute approximate surface area is 230 Å². The first kappa shape index (κ1) is 28.0. The zero-order valence-electron chi connectivity index (χ0n) is 22.3. The van der Waals surface area contributed by atoms with Crippen LogP contribution in [0.1, 0.15) is 25.0 Å². The predicted molar refractivity (Wildman–Crippen MR) is 148 cm³/mol. The van der Waals surface area contributed by atoms with Gasteiger partial charge in [-0.05, 0) is 61.7 Å². The quantitative estimate of drug-likeness (QED) is 0.262. The van der Waals surface area contributed by atoms with Gasteiger partial charge in [-0.1, -0.05) is 30.3 Å². The minimum atomic E-state index is -0.824. The molecule has 0 spiro atoms. The van der Waals surface area contributed by atoms with Crippen LogP contribution >= 0.6 is 0 Å². The van der Waals surface area contributed by atoms with Crippen molar-refractivity contribution >= 4 is 29.1 Å². The van der Waals surface area contributed by atoms with Gasteiger partial charge >= 0.3 is 11.8 Å². The van der Waals surface area contributed by atoms with Gasteiger partial charge in [-0.3, -0.25) is 14.4 Å². The van der Waals surface area contributed by atoms with Gasteiger partial charge in [-0.25, -0.2) is 9.37 Å². The molecule has 1 heterocycles. The highest BCUT2D eigenvalue weighted by atomic mass is 19.1. The zero-order valence-corrected chi connectivity index (χ0v) is 22.3. The Morgan fingerprint density at radius 2 is 1.68 bits per heavy atom. The summed E-state index contributed by atoms with van der Waals surface area (Å²) in [6, 6.07) is 18.2. The van der Waals surface area contributed by atoms with E-state index < -0.39 is 23.2 Å². The van der Waals surface area contributed by atoms with Crippen molar-refractivity contribution in [1.29, 1.82) is 0 Å². The molecule has 10 heteroatoms. The van der Waals surface area contributed by atoms with E-state index in [0.29, 0.717) is 40.4 Å². The second kappa shape index (κ2) is 12.2. The van der Waals surface area contributed by atoms with Crippen LogP contribution in [0.25, 0.3) is 11.3 Å². The molecule has 4 aromatic rings. The molecule has 1 aromatic heterocycles. The van der Waals surface area contributed by atoms with Crippen LogP contribution < -0.4 is 20.7 Å². The first-order valence-electron chi connectivity index (χ1n) is 12.5. The molecule has 9 nitrogen and oxygen atoms in total. The molecule has 0 atom stereocenters. The molecule has 206 valence electrons. The van der Waals surface area contributed by atoms with Crippen LogP contribution in [0.15, 0.2) is 83.7 Å². The van der Waals surface area contributed by atoms with E-state index in [-0.39, 0.29) is 12.3 Å². The van der Waals surface area contributed by atoms with Crippen molar-refractivity contribution in [2.24, 2.45) is 0 Å². The third-order valence-electron chi connectivity index (χ3n) is 6.01. The number of hydrogen-bond acceptors (Lipinski definition) is 6. The molecule has 0 saturated heterocycles. The lowest BCUT2D eigenvalue weighted by Gasteiger charge is -2.26. The number of hydrogen-bond donors (Lipinski definition) is 3. The summed E-state index contributed by atoms with van der Waals surface area (Å²) in [4.78, 5) is 41.4. The van der Waals surface area contributed by atoms with Crippen molar-refractivity contribution in [1.82, 2.24) is 10.3 Å². The summed E-state index contributed by atoms with van der Waals surface area (Å²) in [7, 11) is 1.49. The number of halogens is 1. The topological polar surface area (TPSA) is 123 Å². The van der Waals surface area contributed by atoms with E-state index in [2.05, 4.69) is 20.9 Å². The molecule has 4 rings (SSSR count). The molecule has 0 bridgehead atoms. The first-order valence-corrected chi connectivity index (χ1v) is 12.5. The maximum absolute atomic E-state index is 13.8. The van der Waals surface area contributed by atoms with E-state index in [1.807, 2.05) is 12.1 Å². The third kappa shape index (κ3) is 7.31. The number of benzene rings is 3. The molecular weight excluding hydrogens is 515 g/mol. The Balaban J connectivity index is 1.31. The third-order valence-corrected chi connectivity index (χ3v) is 6.01. The molecular formula is C30H29FN4O5. The van der Waals surface area contributed by atoms with E-state index >= 15 is 0 Å². The van der Waals surface area contributed by atoms with Crippen LogP contribution in [0.4, 0.5) is 15.8 Å². The number of carbonyl (C=O) groups is 3. The fraction of sp³-hybridized carbons (Fsp3) is 0.200. The minimum absolute atomic E-state index is 0.0755. The van der Waals surface area contributed by atoms with Gasteiger partial charge in [0.05, 0.1) is 25.3 Å². The number of carbonyl (C=O) groups excluding carboxylic acids is 3. The second-order valence-electron chi connectivity index (χ2n) is 9.76. The minimum Gasteiger partial charge on any atom is -0.496 e. The van der Waals surface area contributed by atoms with E-state index in [9.17, 15) is 18.8 Å². The number of ether oxygens (including phenoxy) is 1. The number of oxazole rings is 1. The molecule has 40 heavy (non-hydrogen) atoms. The van der Waals surface area contributed by atoms with Crippen LogP contribution in [-0.4, -0.2) is 35.4 Å². The normalized spacial score (nSPS) is 11.0. The highest BCUT2D eigenvalue weighted by molar-refractivity contribution is 6.39. The van der Waals surface area contributed by atoms with Crippen LogP contribution in [0, 0.1) is 5.82 Å². The monoisotopic (exact) mass is 544 g/mol. The summed E-state index contributed by atoms with van der Waals surface area (Å²) in [6.07, 6.45) is 3.20. The number of aromatic nitrogens is 1. The first-order chi connectivity index (χ1) is 19.1. The van der Waals surface area contributed by atoms with Crippen LogP contribution in [0.5, 0.6) is 5.75 Å². The Morgan fingerprint density at radius 3 is 2.35 bits per heavy atom. The molecule has 3 aromatic carbocycles. The lowest BCUT2D eigenvalue weighted by Crippen LogP contribution is -2.49. The van der Waals surface area contributed by atoms with Gasteiger partial charge in [0.15, 0.2) is 12.2 Å². The smallest absolute Gasteiger partial charge is 0.313 e. The van der Waals surface area contributed by atoms with Crippen molar-refractivity contribution < 1.29 is 27.9 Å². The molecule has 0 aliphatic carbocycles. The summed E-state index contributed by atoms with van der Waals surface area (Å²) in [5.41, 5.74) is 2.05. The van der Waals surface area contributed by atoms with Crippen molar-refractivity contribution in [2.75, 3.05) is 17.7 Å². The Kier molecular flexibility index (Phi) is 8.58. The second-order valence-corrected chi connectivity index (χ2v) is 9.76. The maximum atomic E-state index is 13.8. The molecule has 0 unspecified atom stereocenters. The molecule has 0 aliphatic rings. The lowest BCUT2D eigenvalue weighted by molar-refractivity contribution is -0.137. The Morgan fingerprint density at radius 1 is 0.950 bits per heavy atom. The van der Waals surface area contributed by atoms with Crippen molar-refractivity contribution in [3.8, 4) is 17.1 Å². The number of nitrogens with one attached hydrogen (secondary N) is 3. The van der Waals surface area contributed by atoms with Crippen LogP contribution in [-0.2, 0) is 27.2 Å². The molecule has 0 fully saturated rings. The van der Waals surface area contributed by atoms with Gasteiger partial charge in [-0.15, -0.1) is 0 Å². The maximum Gasteiger partial charge on any atom is 0.313 e. The summed E-state index contributed by atoms with van der Waals surface area (Å²) < 4.78 is 24.5. The van der Waals surface area contributed by atoms with E-state index in [1.54, 1.807) is 68.6 Å². The SMILES string of the molecule is COc1cc(NC(=O)C(=O)NC(C)(C)Cc2ccc(NC(=O)Cc3ccccc3F)cc2)ccc1-c1cnco1. The van der Waals surface area contributed by atoms with Crippen LogP contribution in [0.3, 0.4) is 0 Å². The Hall–Kier alpha value is -4.99. The summed E-state index contributed by atoms with van der Waals surface area (Å²) >= 11 is 0. The van der Waals surface area contributed by atoms with Gasteiger partial charge < -0.3 is 25.1 Å². The summed E-state index contributed by atoms with van der Waals surface area (Å²) in [6.45, 7) is 3.61. The van der Waals surface area contributed by atoms with E-state index in [0.717, 1.165) is 5.56 Å². The van der Waals surface area contributed by atoms with Crippen molar-refractivity contribution in [2.45, 2.75) is 32.2 Å².